The molecule has 6 heteroatoms. The van der Waals surface area contributed by atoms with Crippen molar-refractivity contribution in [2.24, 2.45) is 0 Å². The molecule has 2 heterocycles. The van der Waals surface area contributed by atoms with Crippen molar-refractivity contribution in [3.05, 3.63) is 122 Å². The van der Waals surface area contributed by atoms with Gasteiger partial charge in [0.15, 0.2) is 0 Å². The Balaban J connectivity index is 1.71. The van der Waals surface area contributed by atoms with Crippen molar-refractivity contribution < 1.29 is 0 Å². The summed E-state index contributed by atoms with van der Waals surface area (Å²) in [5.41, 5.74) is 35.3. The maximum Gasteiger partial charge on any atom is 0.243 e. The molecular formula is C51H60N6. The van der Waals surface area contributed by atoms with Gasteiger partial charge in [0.25, 0.3) is 0 Å². The molecule has 7 aromatic rings. The highest BCUT2D eigenvalue weighted by Crippen LogP contribution is 2.58. The molecule has 6 nitrogen and oxygen atoms in total. The minimum atomic E-state index is -1.15. The average Bonchev–Trinajstić information content (AvgIpc) is 3.92. The van der Waals surface area contributed by atoms with Gasteiger partial charge in [-0.2, -0.15) is 0 Å². The molecule has 57 heavy (non-hydrogen) atoms. The first-order chi connectivity index (χ1) is 26.6. The summed E-state index contributed by atoms with van der Waals surface area (Å²) in [7, 11) is 0. The van der Waals surface area contributed by atoms with E-state index in [1.807, 2.05) is 9.59 Å². The molecule has 0 amide bonds. The lowest BCUT2D eigenvalue weighted by Crippen LogP contribution is -2.46. The van der Waals surface area contributed by atoms with E-state index in [1.165, 1.54) is 117 Å². The summed E-state index contributed by atoms with van der Waals surface area (Å²) < 4.78 is 0. The summed E-state index contributed by atoms with van der Waals surface area (Å²) in [4.78, 5) is 4.06. The number of nitrogens with zero attached hydrogens (tertiary/aromatic N) is 6. The van der Waals surface area contributed by atoms with Gasteiger partial charge in [0.2, 0.25) is 5.66 Å². The first kappa shape index (κ1) is 38.8. The average molecular weight is 757 g/mol. The van der Waals surface area contributed by atoms with Gasteiger partial charge in [0, 0.05) is 11.1 Å². The van der Waals surface area contributed by atoms with Gasteiger partial charge in [0.05, 0.1) is 0 Å². The minimum Gasteiger partial charge on any atom is -0.150 e. The normalized spacial score (nSPS) is 13.4. The van der Waals surface area contributed by atoms with Crippen LogP contribution in [0.3, 0.4) is 0 Å². The van der Waals surface area contributed by atoms with Crippen LogP contribution in [0.15, 0.2) is 0 Å². The predicted molar refractivity (Wildman–Crippen MR) is 239 cm³/mol. The van der Waals surface area contributed by atoms with Gasteiger partial charge < -0.3 is 0 Å². The zero-order valence-corrected chi connectivity index (χ0v) is 38.2. The Morgan fingerprint density at radius 3 is 0.789 bits per heavy atom. The van der Waals surface area contributed by atoms with Gasteiger partial charge in [-0.25, -0.2) is 0 Å². The third-order valence-corrected chi connectivity index (χ3v) is 15.8. The van der Waals surface area contributed by atoms with Crippen LogP contribution in [0.2, 0.25) is 0 Å². The number of fused-ring (bicyclic) bond motifs is 5. The van der Waals surface area contributed by atoms with E-state index in [2.05, 4.69) is 138 Å². The molecule has 0 aliphatic heterocycles. The molecule has 8 rings (SSSR count). The number of hydrogen-bond acceptors (Lipinski definition) is 4. The summed E-state index contributed by atoms with van der Waals surface area (Å²) in [5.74, 6) is 0. The van der Waals surface area contributed by atoms with Crippen LogP contribution in [0.5, 0.6) is 0 Å². The minimum absolute atomic E-state index is 0.928. The van der Waals surface area contributed by atoms with Crippen molar-refractivity contribution in [2.45, 2.75) is 144 Å². The smallest absolute Gasteiger partial charge is 0.150 e. The monoisotopic (exact) mass is 756 g/mol. The van der Waals surface area contributed by atoms with E-state index in [1.54, 1.807) is 0 Å². The Bertz CT molecular complexity index is 2780. The summed E-state index contributed by atoms with van der Waals surface area (Å²) in [5, 5.41) is 22.6. The van der Waals surface area contributed by atoms with Crippen LogP contribution in [0.4, 0.5) is 0 Å². The summed E-state index contributed by atoms with van der Waals surface area (Å²) in [6.07, 6.45) is 0. The Labute approximate surface area is 339 Å². The molecule has 1 aliphatic carbocycles. The topological polar surface area (TPSA) is 61.4 Å². The maximum absolute atomic E-state index is 5.65. The van der Waals surface area contributed by atoms with E-state index in [0.717, 1.165) is 49.9 Å². The number of aryl methyl sites for hydroxylation is 4. The highest BCUT2D eigenvalue weighted by Gasteiger charge is 2.55. The molecule has 0 radical (unpaired) electrons. The second-order valence-corrected chi connectivity index (χ2v) is 17.8. The number of hydrogen-bond donors (Lipinski definition) is 0. The Kier molecular flexibility index (Phi) is 8.47. The summed E-state index contributed by atoms with van der Waals surface area (Å²) in [6.45, 7) is 45.2. The largest absolute Gasteiger partial charge is 0.243 e. The zero-order valence-electron chi connectivity index (χ0n) is 38.2. The SMILES string of the molecule is Cc1c(C)c(C)c(-c2c(C)c(C)c3c(c2C)C(n2nc4c(C)c(C)c(C)c(C)c4n2)(n2nc4c(C)c(C)c(C)c(C)c4n2)c2c(C)c(C)c(C)c(C)c2-3)c(C)c1C. The predicted octanol–water partition coefficient (Wildman–Crippen LogP) is 12.3. The quantitative estimate of drug-likeness (QED) is 0.180. The van der Waals surface area contributed by atoms with E-state index in [9.17, 15) is 0 Å². The highest BCUT2D eigenvalue weighted by molar-refractivity contribution is 5.95. The van der Waals surface area contributed by atoms with Crippen molar-refractivity contribution in [3.8, 4) is 22.3 Å². The van der Waals surface area contributed by atoms with E-state index < -0.39 is 5.66 Å². The molecule has 0 N–H and O–H groups in total. The molecule has 0 spiro atoms. The Hall–Kier alpha value is -5.10. The molecule has 0 saturated carbocycles. The van der Waals surface area contributed by atoms with E-state index in [4.69, 9.17) is 20.4 Å². The van der Waals surface area contributed by atoms with Crippen LogP contribution < -0.4 is 0 Å². The van der Waals surface area contributed by atoms with Gasteiger partial charge in [0.1, 0.15) is 22.1 Å². The lowest BCUT2D eigenvalue weighted by molar-refractivity contribution is 0.244. The zero-order chi connectivity index (χ0) is 41.8. The molecule has 0 fully saturated rings. The summed E-state index contributed by atoms with van der Waals surface area (Å²) >= 11 is 0. The molecule has 0 saturated heterocycles. The maximum atomic E-state index is 5.65. The molecule has 5 aromatic carbocycles. The van der Waals surface area contributed by atoms with Gasteiger partial charge in [-0.15, -0.1) is 30.0 Å². The molecular weight excluding hydrogens is 697 g/mol. The van der Waals surface area contributed by atoms with Crippen LogP contribution in [0.1, 0.15) is 122 Å². The molecule has 2 aromatic heterocycles. The fourth-order valence-electron chi connectivity index (χ4n) is 10.6. The standard InChI is InChI=1S/C51H60N6/c1-21-22(2)30(10)41(31(11)23(21)3)42-33(13)34(14)44-43-32(12)24(4)25(5)35(15)45(43)51(46(44)40(42)20,56-52-47-36(16)26(6)27(7)37(17)48(47)53-56)57-54-49-38(18)28(8)29(9)39(19)50(49)55-57/h1-20H3. The lowest BCUT2D eigenvalue weighted by Gasteiger charge is -2.34. The molecule has 0 unspecified atom stereocenters. The lowest BCUT2D eigenvalue weighted by atomic mass is 9.78. The van der Waals surface area contributed by atoms with Crippen LogP contribution in [-0.2, 0) is 5.66 Å². The van der Waals surface area contributed by atoms with Gasteiger partial charge in [-0.05, 0) is 272 Å². The highest BCUT2D eigenvalue weighted by atomic mass is 15.7. The first-order valence-corrected chi connectivity index (χ1v) is 20.6. The van der Waals surface area contributed by atoms with Crippen molar-refractivity contribution in [1.82, 2.24) is 30.0 Å². The van der Waals surface area contributed by atoms with Crippen molar-refractivity contribution in [1.29, 1.82) is 0 Å². The second kappa shape index (κ2) is 12.4. The fraction of sp³-hybridized carbons (Fsp3) is 0.412. The summed E-state index contributed by atoms with van der Waals surface area (Å²) in [6, 6.07) is 0. The van der Waals surface area contributed by atoms with Crippen molar-refractivity contribution in [2.75, 3.05) is 0 Å². The number of rotatable bonds is 3. The van der Waals surface area contributed by atoms with Gasteiger partial charge in [-0.3, -0.25) is 0 Å². The van der Waals surface area contributed by atoms with Crippen molar-refractivity contribution in [3.63, 3.8) is 0 Å². The van der Waals surface area contributed by atoms with Crippen LogP contribution >= 0.6 is 0 Å². The van der Waals surface area contributed by atoms with E-state index in [0.29, 0.717) is 0 Å². The number of benzene rings is 5. The molecule has 0 bridgehead atoms. The molecule has 0 atom stereocenters. The van der Waals surface area contributed by atoms with Gasteiger partial charge >= 0.3 is 0 Å². The Morgan fingerprint density at radius 2 is 0.439 bits per heavy atom. The van der Waals surface area contributed by atoms with E-state index >= 15 is 0 Å². The first-order valence-electron chi connectivity index (χ1n) is 20.6. The third kappa shape index (κ3) is 4.59. The second-order valence-electron chi connectivity index (χ2n) is 17.8. The van der Waals surface area contributed by atoms with Crippen LogP contribution in [0, 0.1) is 138 Å². The van der Waals surface area contributed by atoms with Gasteiger partial charge in [-0.1, -0.05) is 0 Å². The number of aromatic nitrogens is 6. The van der Waals surface area contributed by atoms with E-state index in [-0.39, 0.29) is 0 Å². The fourth-order valence-corrected chi connectivity index (χ4v) is 10.6. The third-order valence-electron chi connectivity index (χ3n) is 15.8. The Morgan fingerprint density at radius 1 is 0.228 bits per heavy atom. The van der Waals surface area contributed by atoms with Crippen LogP contribution in [-0.4, -0.2) is 30.0 Å². The molecule has 1 aliphatic rings. The molecule has 294 valence electrons. The van der Waals surface area contributed by atoms with Crippen LogP contribution in [0.25, 0.3) is 44.3 Å². The van der Waals surface area contributed by atoms with Crippen molar-refractivity contribution >= 4 is 22.1 Å².